The van der Waals surface area contributed by atoms with Crippen LogP contribution in [0.5, 0.6) is 5.75 Å². The van der Waals surface area contributed by atoms with E-state index >= 15 is 0 Å². The minimum absolute atomic E-state index is 0.210. The summed E-state index contributed by atoms with van der Waals surface area (Å²) < 4.78 is 13.3. The van der Waals surface area contributed by atoms with E-state index in [0.29, 0.717) is 11.6 Å². The Kier molecular flexibility index (Phi) is 5.15. The number of rotatable bonds is 6. The van der Waals surface area contributed by atoms with Crippen LogP contribution in [0.25, 0.3) is 0 Å². The molecular weight excluding hydrogens is 316 g/mol. The molecule has 1 fully saturated rings. The first-order valence-corrected chi connectivity index (χ1v) is 8.04. The molecule has 0 radical (unpaired) electrons. The van der Waals surface area contributed by atoms with Crippen molar-refractivity contribution in [1.82, 2.24) is 19.7 Å². The molecule has 1 saturated heterocycles. The molecule has 2 atom stereocenters. The van der Waals surface area contributed by atoms with Crippen molar-refractivity contribution in [2.75, 3.05) is 26.8 Å². The molecule has 0 unspecified atom stereocenters. The first-order valence-electron chi connectivity index (χ1n) is 7.66. The standard InChI is InChI=1S/C16H21ClN4O2/c1-20-11-18-19-16(20)15-9-14(22-2)10-21(15)7-8-23-13-5-3-12(17)4-6-13/h3-6,11,14-15H,7-10H2,1-2H3/t14-,15+/m1/s1. The van der Waals surface area contributed by atoms with Crippen LogP contribution in [0.2, 0.25) is 5.02 Å². The molecule has 3 rings (SSSR count). The minimum atomic E-state index is 0.210. The van der Waals surface area contributed by atoms with E-state index in [1.807, 2.05) is 35.9 Å². The maximum Gasteiger partial charge on any atom is 0.150 e. The lowest BCUT2D eigenvalue weighted by Gasteiger charge is -2.23. The summed E-state index contributed by atoms with van der Waals surface area (Å²) in [6, 6.07) is 7.63. The van der Waals surface area contributed by atoms with E-state index in [-0.39, 0.29) is 12.1 Å². The van der Waals surface area contributed by atoms with Crippen molar-refractivity contribution in [3.05, 3.63) is 41.4 Å². The van der Waals surface area contributed by atoms with E-state index in [0.717, 1.165) is 31.1 Å². The van der Waals surface area contributed by atoms with Crippen LogP contribution < -0.4 is 4.74 Å². The van der Waals surface area contributed by atoms with Gasteiger partial charge in [-0.05, 0) is 30.7 Å². The molecule has 7 heteroatoms. The fourth-order valence-corrected chi connectivity index (χ4v) is 3.08. The third kappa shape index (κ3) is 3.83. The molecule has 0 bridgehead atoms. The number of methoxy groups -OCH3 is 1. The Balaban J connectivity index is 1.60. The number of hydrogen-bond donors (Lipinski definition) is 0. The van der Waals surface area contributed by atoms with E-state index in [2.05, 4.69) is 15.1 Å². The molecule has 2 aromatic rings. The summed E-state index contributed by atoms with van der Waals surface area (Å²) in [5.74, 6) is 1.79. The lowest BCUT2D eigenvalue weighted by atomic mass is 10.2. The van der Waals surface area contributed by atoms with Gasteiger partial charge in [-0.3, -0.25) is 4.90 Å². The highest BCUT2D eigenvalue weighted by molar-refractivity contribution is 6.30. The summed E-state index contributed by atoms with van der Waals surface area (Å²) in [5.41, 5.74) is 0. The maximum atomic E-state index is 5.88. The average molecular weight is 337 g/mol. The minimum Gasteiger partial charge on any atom is -0.492 e. The number of ether oxygens (including phenoxy) is 2. The highest BCUT2D eigenvalue weighted by Crippen LogP contribution is 2.31. The monoisotopic (exact) mass is 336 g/mol. The number of aryl methyl sites for hydroxylation is 1. The molecular formula is C16H21ClN4O2. The zero-order valence-electron chi connectivity index (χ0n) is 13.4. The second-order valence-corrected chi connectivity index (χ2v) is 6.14. The predicted molar refractivity (Wildman–Crippen MR) is 87.7 cm³/mol. The molecule has 6 nitrogen and oxygen atoms in total. The Morgan fingerprint density at radius 1 is 1.30 bits per heavy atom. The zero-order valence-corrected chi connectivity index (χ0v) is 14.1. The van der Waals surface area contributed by atoms with Gasteiger partial charge in [0, 0.05) is 32.3 Å². The summed E-state index contributed by atoms with van der Waals surface area (Å²) >= 11 is 5.88. The Labute approximate surface area is 141 Å². The van der Waals surface area contributed by atoms with Crippen molar-refractivity contribution in [3.63, 3.8) is 0 Å². The van der Waals surface area contributed by atoms with Gasteiger partial charge in [-0.2, -0.15) is 0 Å². The Morgan fingerprint density at radius 3 is 2.74 bits per heavy atom. The van der Waals surface area contributed by atoms with Crippen LogP contribution in [0.15, 0.2) is 30.6 Å². The molecule has 0 spiro atoms. The fraction of sp³-hybridized carbons (Fsp3) is 0.500. The van der Waals surface area contributed by atoms with Crippen LogP contribution in [0.3, 0.4) is 0 Å². The van der Waals surface area contributed by atoms with Gasteiger partial charge in [0.15, 0.2) is 0 Å². The Hall–Kier alpha value is -1.63. The predicted octanol–water partition coefficient (Wildman–Crippen LogP) is 2.31. The van der Waals surface area contributed by atoms with E-state index in [4.69, 9.17) is 21.1 Å². The van der Waals surface area contributed by atoms with Crippen LogP contribution in [-0.4, -0.2) is 52.6 Å². The normalized spacial score (nSPS) is 21.7. The fourth-order valence-electron chi connectivity index (χ4n) is 2.95. The topological polar surface area (TPSA) is 52.4 Å². The van der Waals surface area contributed by atoms with Gasteiger partial charge in [-0.1, -0.05) is 11.6 Å². The number of benzene rings is 1. The van der Waals surface area contributed by atoms with Crippen molar-refractivity contribution >= 4 is 11.6 Å². The summed E-state index contributed by atoms with van der Waals surface area (Å²) in [5, 5.41) is 8.95. The van der Waals surface area contributed by atoms with Crippen molar-refractivity contribution < 1.29 is 9.47 Å². The van der Waals surface area contributed by atoms with Crippen molar-refractivity contribution in [2.24, 2.45) is 7.05 Å². The molecule has 0 aliphatic carbocycles. The van der Waals surface area contributed by atoms with Crippen LogP contribution >= 0.6 is 11.6 Å². The average Bonchev–Trinajstić information content (AvgIpc) is 3.15. The summed E-state index contributed by atoms with van der Waals surface area (Å²) in [6.07, 6.45) is 2.87. The smallest absolute Gasteiger partial charge is 0.150 e. The highest BCUT2D eigenvalue weighted by Gasteiger charge is 2.35. The molecule has 1 aromatic heterocycles. The van der Waals surface area contributed by atoms with Crippen LogP contribution in [0, 0.1) is 0 Å². The number of nitrogens with zero attached hydrogens (tertiary/aromatic N) is 4. The van der Waals surface area contributed by atoms with Gasteiger partial charge in [-0.25, -0.2) is 0 Å². The zero-order chi connectivity index (χ0) is 16.2. The van der Waals surface area contributed by atoms with Crippen molar-refractivity contribution in [3.8, 4) is 5.75 Å². The molecule has 1 aromatic carbocycles. The van der Waals surface area contributed by atoms with Gasteiger partial charge in [-0.15, -0.1) is 10.2 Å². The third-order valence-corrected chi connectivity index (χ3v) is 4.46. The molecule has 124 valence electrons. The largest absolute Gasteiger partial charge is 0.492 e. The molecule has 0 saturated carbocycles. The molecule has 0 amide bonds. The summed E-state index contributed by atoms with van der Waals surface area (Å²) in [7, 11) is 3.73. The summed E-state index contributed by atoms with van der Waals surface area (Å²) in [4.78, 5) is 2.34. The maximum absolute atomic E-state index is 5.88. The first-order chi connectivity index (χ1) is 11.2. The van der Waals surface area contributed by atoms with Crippen LogP contribution in [0.4, 0.5) is 0 Å². The Bertz CT molecular complexity index is 631. The van der Waals surface area contributed by atoms with E-state index in [1.165, 1.54) is 0 Å². The van der Waals surface area contributed by atoms with Gasteiger partial charge in [0.1, 0.15) is 24.5 Å². The van der Waals surface area contributed by atoms with Gasteiger partial charge in [0.05, 0.1) is 12.1 Å². The SMILES string of the molecule is CO[C@@H]1C[C@@H](c2nncn2C)N(CCOc2ccc(Cl)cc2)C1. The molecule has 23 heavy (non-hydrogen) atoms. The second-order valence-electron chi connectivity index (χ2n) is 5.71. The van der Waals surface area contributed by atoms with Gasteiger partial charge < -0.3 is 14.0 Å². The number of halogens is 1. The number of hydrogen-bond acceptors (Lipinski definition) is 5. The van der Waals surface area contributed by atoms with Crippen molar-refractivity contribution in [2.45, 2.75) is 18.6 Å². The lowest BCUT2D eigenvalue weighted by molar-refractivity contribution is 0.105. The van der Waals surface area contributed by atoms with E-state index in [1.54, 1.807) is 13.4 Å². The highest BCUT2D eigenvalue weighted by atomic mass is 35.5. The van der Waals surface area contributed by atoms with Gasteiger partial charge in [0.2, 0.25) is 0 Å². The first kappa shape index (κ1) is 16.2. The van der Waals surface area contributed by atoms with Gasteiger partial charge in [0.25, 0.3) is 0 Å². The lowest BCUT2D eigenvalue weighted by Crippen LogP contribution is -2.30. The molecule has 2 heterocycles. The quantitative estimate of drug-likeness (QED) is 0.810. The van der Waals surface area contributed by atoms with Crippen LogP contribution in [-0.2, 0) is 11.8 Å². The molecule has 0 N–H and O–H groups in total. The second kappa shape index (κ2) is 7.29. The van der Waals surface area contributed by atoms with E-state index in [9.17, 15) is 0 Å². The Morgan fingerprint density at radius 2 is 2.09 bits per heavy atom. The summed E-state index contributed by atoms with van der Waals surface area (Å²) in [6.45, 7) is 2.28. The van der Waals surface area contributed by atoms with Crippen molar-refractivity contribution in [1.29, 1.82) is 0 Å². The third-order valence-electron chi connectivity index (χ3n) is 4.20. The van der Waals surface area contributed by atoms with E-state index < -0.39 is 0 Å². The van der Waals surface area contributed by atoms with Crippen LogP contribution in [0.1, 0.15) is 18.3 Å². The number of aromatic nitrogens is 3. The van der Waals surface area contributed by atoms with Gasteiger partial charge >= 0.3 is 0 Å². The molecule has 1 aliphatic rings. The molecule has 1 aliphatic heterocycles. The number of likely N-dealkylation sites (tertiary alicyclic amines) is 1.